The number of para-hydroxylation sites is 1. The van der Waals surface area contributed by atoms with Crippen molar-refractivity contribution in [2.24, 2.45) is 0 Å². The molecule has 0 aliphatic rings. The lowest BCUT2D eigenvalue weighted by Gasteiger charge is -1.94. The topological polar surface area (TPSA) is 86.3 Å². The van der Waals surface area contributed by atoms with Crippen LogP contribution in [-0.4, -0.2) is 9.85 Å². The molecule has 6 heteroatoms. The zero-order chi connectivity index (χ0) is 10.6. The first-order chi connectivity index (χ1) is 6.61. The summed E-state index contributed by atoms with van der Waals surface area (Å²) in [6, 6.07) is 5.81. The Balaban J connectivity index is 3.07. The Kier molecular flexibility index (Phi) is 2.90. The molecule has 1 rings (SSSR count). The Morgan fingerprint density at radius 3 is 2.36 bits per heavy atom. The minimum Gasteiger partial charge on any atom is -0.259 e. The van der Waals surface area contributed by atoms with Crippen LogP contribution in [0, 0.1) is 20.2 Å². The summed E-state index contributed by atoms with van der Waals surface area (Å²) in [7, 11) is 0. The van der Waals surface area contributed by atoms with Gasteiger partial charge in [0.1, 0.15) is 0 Å². The highest BCUT2D eigenvalue weighted by Crippen LogP contribution is 2.18. The molecule has 0 bridgehead atoms. The van der Waals surface area contributed by atoms with Gasteiger partial charge in [-0.1, -0.05) is 12.1 Å². The van der Waals surface area contributed by atoms with Crippen molar-refractivity contribution >= 4 is 11.8 Å². The molecular formula is C8H6N2O4. The average Bonchev–Trinajstić information content (AvgIpc) is 2.15. The van der Waals surface area contributed by atoms with Crippen LogP contribution in [0.15, 0.2) is 30.5 Å². The highest BCUT2D eigenvalue weighted by atomic mass is 16.6. The van der Waals surface area contributed by atoms with Crippen LogP contribution < -0.4 is 0 Å². The van der Waals surface area contributed by atoms with Gasteiger partial charge in [-0.2, -0.15) is 0 Å². The Hall–Kier alpha value is -2.24. The summed E-state index contributed by atoms with van der Waals surface area (Å²) < 4.78 is 0. The number of nitrogens with zero attached hydrogens (tertiary/aromatic N) is 2. The predicted molar refractivity (Wildman–Crippen MR) is 49.1 cm³/mol. The van der Waals surface area contributed by atoms with E-state index in [2.05, 4.69) is 0 Å². The third-order valence-corrected chi connectivity index (χ3v) is 1.51. The van der Waals surface area contributed by atoms with E-state index >= 15 is 0 Å². The molecule has 0 aliphatic heterocycles. The standard InChI is InChI=1S/C8H6N2O4/c11-9(12)6-5-7-3-1-2-4-8(7)10(13)14/h1-6H/b6-5+. The van der Waals surface area contributed by atoms with E-state index in [-0.39, 0.29) is 11.3 Å². The maximum atomic E-state index is 10.5. The van der Waals surface area contributed by atoms with Gasteiger partial charge in [-0.15, -0.1) is 0 Å². The van der Waals surface area contributed by atoms with Crippen molar-refractivity contribution in [2.75, 3.05) is 0 Å². The molecule has 0 spiro atoms. The highest BCUT2D eigenvalue weighted by molar-refractivity contribution is 5.59. The van der Waals surface area contributed by atoms with Gasteiger partial charge in [-0.05, 0) is 6.07 Å². The molecule has 0 aromatic heterocycles. The van der Waals surface area contributed by atoms with Gasteiger partial charge in [0.25, 0.3) is 5.69 Å². The summed E-state index contributed by atoms with van der Waals surface area (Å²) in [5, 5.41) is 20.5. The second-order valence-corrected chi connectivity index (χ2v) is 2.42. The summed E-state index contributed by atoms with van der Waals surface area (Å²) >= 11 is 0. The van der Waals surface area contributed by atoms with E-state index in [0.29, 0.717) is 6.20 Å². The number of hydrogen-bond acceptors (Lipinski definition) is 4. The van der Waals surface area contributed by atoms with E-state index < -0.39 is 9.85 Å². The molecule has 0 fully saturated rings. The second-order valence-electron chi connectivity index (χ2n) is 2.42. The van der Waals surface area contributed by atoms with Crippen LogP contribution in [0.5, 0.6) is 0 Å². The third kappa shape index (κ3) is 2.37. The number of nitro groups is 2. The van der Waals surface area contributed by atoms with Gasteiger partial charge in [0.05, 0.1) is 15.4 Å². The number of hydrogen-bond donors (Lipinski definition) is 0. The molecule has 0 amide bonds. The SMILES string of the molecule is O=[N+]([O-])/C=C/c1ccccc1[N+](=O)[O-]. The van der Waals surface area contributed by atoms with Gasteiger partial charge < -0.3 is 0 Å². The first-order valence-corrected chi connectivity index (χ1v) is 3.66. The molecule has 1 aromatic rings. The molecule has 72 valence electrons. The Bertz CT molecular complexity index is 400. The maximum absolute atomic E-state index is 10.5. The van der Waals surface area contributed by atoms with Gasteiger partial charge in [-0.3, -0.25) is 20.2 Å². The fourth-order valence-corrected chi connectivity index (χ4v) is 0.936. The molecule has 0 radical (unpaired) electrons. The van der Waals surface area contributed by atoms with Gasteiger partial charge in [0, 0.05) is 12.1 Å². The molecule has 0 heterocycles. The van der Waals surface area contributed by atoms with Crippen molar-refractivity contribution in [2.45, 2.75) is 0 Å². The van der Waals surface area contributed by atoms with Crippen LogP contribution >= 0.6 is 0 Å². The van der Waals surface area contributed by atoms with Gasteiger partial charge >= 0.3 is 0 Å². The molecule has 0 saturated heterocycles. The predicted octanol–water partition coefficient (Wildman–Crippen LogP) is 1.84. The summed E-state index contributed by atoms with van der Waals surface area (Å²) in [5.41, 5.74) is 0.0693. The summed E-state index contributed by atoms with van der Waals surface area (Å²) in [4.78, 5) is 19.2. The normalized spacial score (nSPS) is 10.3. The molecule has 0 atom stereocenters. The molecule has 0 N–H and O–H groups in total. The lowest BCUT2D eigenvalue weighted by molar-refractivity contribution is -0.401. The van der Waals surface area contributed by atoms with E-state index in [4.69, 9.17) is 0 Å². The van der Waals surface area contributed by atoms with E-state index in [1.807, 2.05) is 0 Å². The fraction of sp³-hybridized carbons (Fsp3) is 0. The lowest BCUT2D eigenvalue weighted by Crippen LogP contribution is -1.91. The molecule has 14 heavy (non-hydrogen) atoms. The van der Waals surface area contributed by atoms with Crippen molar-refractivity contribution in [3.05, 3.63) is 56.3 Å². The van der Waals surface area contributed by atoms with Crippen LogP contribution in [0.4, 0.5) is 5.69 Å². The van der Waals surface area contributed by atoms with Crippen molar-refractivity contribution in [1.29, 1.82) is 0 Å². The molecular weight excluding hydrogens is 188 g/mol. The largest absolute Gasteiger partial charge is 0.276 e. The van der Waals surface area contributed by atoms with Crippen LogP contribution in [0.25, 0.3) is 6.08 Å². The van der Waals surface area contributed by atoms with E-state index in [9.17, 15) is 20.2 Å². The Labute approximate surface area is 78.8 Å². The number of rotatable bonds is 3. The first kappa shape index (κ1) is 9.85. The van der Waals surface area contributed by atoms with Gasteiger partial charge in [-0.25, -0.2) is 0 Å². The summed E-state index contributed by atoms with van der Waals surface area (Å²) in [6.07, 6.45) is 1.76. The van der Waals surface area contributed by atoms with Gasteiger partial charge in [0.15, 0.2) is 0 Å². The minimum atomic E-state index is -0.670. The Morgan fingerprint density at radius 2 is 1.79 bits per heavy atom. The number of benzene rings is 1. The van der Waals surface area contributed by atoms with Crippen LogP contribution in [0.2, 0.25) is 0 Å². The quantitative estimate of drug-likeness (QED) is 0.542. The maximum Gasteiger partial charge on any atom is 0.276 e. The smallest absolute Gasteiger partial charge is 0.259 e. The van der Waals surface area contributed by atoms with Crippen molar-refractivity contribution in [1.82, 2.24) is 0 Å². The number of nitro benzene ring substituents is 1. The van der Waals surface area contributed by atoms with Crippen molar-refractivity contribution in [3.63, 3.8) is 0 Å². The molecule has 0 unspecified atom stereocenters. The summed E-state index contributed by atoms with van der Waals surface area (Å²) in [6.45, 7) is 0. The van der Waals surface area contributed by atoms with E-state index in [1.165, 1.54) is 18.2 Å². The van der Waals surface area contributed by atoms with Crippen LogP contribution in [0.1, 0.15) is 5.56 Å². The van der Waals surface area contributed by atoms with Crippen LogP contribution in [-0.2, 0) is 0 Å². The van der Waals surface area contributed by atoms with E-state index in [1.54, 1.807) is 6.07 Å². The molecule has 6 nitrogen and oxygen atoms in total. The second kappa shape index (κ2) is 4.13. The minimum absolute atomic E-state index is 0.148. The highest BCUT2D eigenvalue weighted by Gasteiger charge is 2.09. The Morgan fingerprint density at radius 1 is 1.14 bits per heavy atom. The molecule has 1 aromatic carbocycles. The zero-order valence-corrected chi connectivity index (χ0v) is 6.99. The summed E-state index contributed by atoms with van der Waals surface area (Å²) in [5.74, 6) is 0. The monoisotopic (exact) mass is 194 g/mol. The lowest BCUT2D eigenvalue weighted by atomic mass is 10.2. The zero-order valence-electron chi connectivity index (χ0n) is 6.99. The third-order valence-electron chi connectivity index (χ3n) is 1.51. The molecule has 0 saturated carbocycles. The average molecular weight is 194 g/mol. The van der Waals surface area contributed by atoms with Crippen LogP contribution in [0.3, 0.4) is 0 Å². The van der Waals surface area contributed by atoms with Gasteiger partial charge in [0.2, 0.25) is 6.20 Å². The van der Waals surface area contributed by atoms with E-state index in [0.717, 1.165) is 6.08 Å². The molecule has 0 aliphatic carbocycles. The first-order valence-electron chi connectivity index (χ1n) is 3.66. The van der Waals surface area contributed by atoms with Crippen molar-refractivity contribution in [3.8, 4) is 0 Å². The fourth-order valence-electron chi connectivity index (χ4n) is 0.936. The van der Waals surface area contributed by atoms with Crippen molar-refractivity contribution < 1.29 is 9.85 Å².